The number of rotatable bonds is 8. The number of carbonyl (C=O) groups is 1. The molecule has 1 saturated heterocycles. The first-order valence-corrected chi connectivity index (χ1v) is 11.0. The van der Waals surface area contributed by atoms with Crippen LogP contribution in [-0.4, -0.2) is 41.5 Å². The fourth-order valence-electron chi connectivity index (χ4n) is 3.86. The van der Waals surface area contributed by atoms with Gasteiger partial charge >= 0.3 is 0 Å². The van der Waals surface area contributed by atoms with E-state index in [9.17, 15) is 4.79 Å². The molecule has 1 fully saturated rings. The number of hydrogen-bond donors (Lipinski definition) is 1. The molecule has 2 aromatic carbocycles. The molecule has 0 spiro atoms. The van der Waals surface area contributed by atoms with E-state index in [1.54, 1.807) is 6.20 Å². The first kappa shape index (κ1) is 21.1. The molecule has 5 nitrogen and oxygen atoms in total. The maximum atomic E-state index is 12.5. The van der Waals surface area contributed by atoms with E-state index >= 15 is 0 Å². The van der Waals surface area contributed by atoms with Crippen molar-refractivity contribution >= 4 is 5.91 Å². The average Bonchev–Trinajstić information content (AvgIpc) is 2.83. The number of nitrogens with zero attached hydrogens (tertiary/aromatic N) is 2. The summed E-state index contributed by atoms with van der Waals surface area (Å²) in [5.74, 6) is 0.639. The molecule has 2 heterocycles. The SMILES string of the molecule is O=C(NCc1ccccn1)c1cccc(OC2CCN(CCc3ccccc3)CC2)c1. The molecule has 1 N–H and O–H groups in total. The molecule has 0 saturated carbocycles. The van der Waals surface area contributed by atoms with Crippen molar-refractivity contribution in [1.82, 2.24) is 15.2 Å². The van der Waals surface area contributed by atoms with Crippen LogP contribution in [0.4, 0.5) is 0 Å². The van der Waals surface area contributed by atoms with Gasteiger partial charge in [-0.2, -0.15) is 0 Å². The number of ether oxygens (including phenoxy) is 1. The van der Waals surface area contributed by atoms with Crippen LogP contribution in [0.25, 0.3) is 0 Å². The van der Waals surface area contributed by atoms with Gasteiger partial charge in [-0.15, -0.1) is 0 Å². The normalized spacial score (nSPS) is 14.8. The number of piperidine rings is 1. The number of hydrogen-bond acceptors (Lipinski definition) is 4. The van der Waals surface area contributed by atoms with E-state index in [-0.39, 0.29) is 12.0 Å². The minimum Gasteiger partial charge on any atom is -0.490 e. The minimum absolute atomic E-state index is 0.119. The van der Waals surface area contributed by atoms with Crippen LogP contribution in [0.15, 0.2) is 79.0 Å². The predicted molar refractivity (Wildman–Crippen MR) is 122 cm³/mol. The van der Waals surface area contributed by atoms with Crippen molar-refractivity contribution in [3.05, 3.63) is 95.8 Å². The van der Waals surface area contributed by atoms with Crippen LogP contribution in [0.1, 0.15) is 34.5 Å². The molecular formula is C26H29N3O2. The zero-order chi connectivity index (χ0) is 21.3. The lowest BCUT2D eigenvalue weighted by atomic mass is 10.1. The zero-order valence-electron chi connectivity index (χ0n) is 17.7. The van der Waals surface area contributed by atoms with Crippen LogP contribution in [0.3, 0.4) is 0 Å². The fraction of sp³-hybridized carbons (Fsp3) is 0.308. The molecule has 0 atom stereocenters. The molecular weight excluding hydrogens is 386 g/mol. The van der Waals surface area contributed by atoms with E-state index in [1.165, 1.54) is 5.56 Å². The Morgan fingerprint density at radius 2 is 1.81 bits per heavy atom. The highest BCUT2D eigenvalue weighted by molar-refractivity contribution is 5.94. The number of likely N-dealkylation sites (tertiary alicyclic amines) is 1. The first-order chi connectivity index (χ1) is 15.3. The van der Waals surface area contributed by atoms with Gasteiger partial charge in [0.2, 0.25) is 0 Å². The van der Waals surface area contributed by atoms with E-state index < -0.39 is 0 Å². The number of aromatic nitrogens is 1. The Balaban J connectivity index is 1.23. The topological polar surface area (TPSA) is 54.5 Å². The molecule has 0 unspecified atom stereocenters. The summed E-state index contributed by atoms with van der Waals surface area (Å²) in [6.07, 6.45) is 5.01. The Hall–Kier alpha value is -3.18. The van der Waals surface area contributed by atoms with Gasteiger partial charge in [-0.25, -0.2) is 0 Å². The second-order valence-electron chi connectivity index (χ2n) is 7.93. The Morgan fingerprint density at radius 3 is 2.58 bits per heavy atom. The lowest BCUT2D eigenvalue weighted by Crippen LogP contribution is -2.39. The Labute approximate surface area is 184 Å². The van der Waals surface area contributed by atoms with E-state index in [1.807, 2.05) is 42.5 Å². The molecule has 1 aliphatic heterocycles. The Kier molecular flexibility index (Phi) is 7.29. The maximum Gasteiger partial charge on any atom is 0.251 e. The van der Waals surface area contributed by atoms with E-state index in [0.717, 1.165) is 50.3 Å². The highest BCUT2D eigenvalue weighted by Gasteiger charge is 2.20. The molecule has 160 valence electrons. The van der Waals surface area contributed by atoms with E-state index in [0.29, 0.717) is 12.1 Å². The third-order valence-corrected chi connectivity index (χ3v) is 5.65. The molecule has 3 aromatic rings. The Morgan fingerprint density at radius 1 is 1.00 bits per heavy atom. The highest BCUT2D eigenvalue weighted by Crippen LogP contribution is 2.20. The van der Waals surface area contributed by atoms with Gasteiger partial charge in [0, 0.05) is 31.4 Å². The van der Waals surface area contributed by atoms with E-state index in [2.05, 4.69) is 45.5 Å². The summed E-state index contributed by atoms with van der Waals surface area (Å²) < 4.78 is 6.20. The van der Waals surface area contributed by atoms with Crippen molar-refractivity contribution in [2.75, 3.05) is 19.6 Å². The van der Waals surface area contributed by atoms with Gasteiger partial charge in [-0.1, -0.05) is 42.5 Å². The molecule has 0 bridgehead atoms. The Bertz CT molecular complexity index is 955. The number of carbonyl (C=O) groups excluding carboxylic acids is 1. The molecule has 0 aliphatic carbocycles. The maximum absolute atomic E-state index is 12.5. The second kappa shape index (κ2) is 10.7. The van der Waals surface area contributed by atoms with Gasteiger partial charge in [0.15, 0.2) is 0 Å². The van der Waals surface area contributed by atoms with Crippen molar-refractivity contribution in [3.8, 4) is 5.75 Å². The van der Waals surface area contributed by atoms with E-state index in [4.69, 9.17) is 4.74 Å². The van der Waals surface area contributed by atoms with Crippen molar-refractivity contribution in [2.45, 2.75) is 31.9 Å². The predicted octanol–water partition coefficient (Wildman–Crippen LogP) is 4.10. The summed E-state index contributed by atoms with van der Waals surface area (Å²) in [5, 5.41) is 2.92. The molecule has 0 radical (unpaired) electrons. The molecule has 1 amide bonds. The van der Waals surface area contributed by atoms with Crippen molar-refractivity contribution in [3.63, 3.8) is 0 Å². The monoisotopic (exact) mass is 415 g/mol. The minimum atomic E-state index is -0.119. The number of pyridine rings is 1. The first-order valence-electron chi connectivity index (χ1n) is 11.0. The lowest BCUT2D eigenvalue weighted by Gasteiger charge is -2.32. The van der Waals surface area contributed by atoms with Gasteiger partial charge in [-0.3, -0.25) is 9.78 Å². The molecule has 4 rings (SSSR count). The van der Waals surface area contributed by atoms with Crippen molar-refractivity contribution in [1.29, 1.82) is 0 Å². The number of amides is 1. The standard InChI is InChI=1S/C26H29N3O2/c30-26(28-20-23-10-4-5-15-27-23)22-9-6-11-25(19-22)31-24-13-17-29(18-14-24)16-12-21-7-2-1-3-8-21/h1-11,15,19,24H,12-14,16-18,20H2,(H,28,30). The molecule has 5 heteroatoms. The second-order valence-corrected chi connectivity index (χ2v) is 7.93. The summed E-state index contributed by atoms with van der Waals surface area (Å²) in [6.45, 7) is 3.58. The molecule has 1 aliphatic rings. The van der Waals surface area contributed by atoms with Crippen LogP contribution in [0.5, 0.6) is 5.75 Å². The van der Waals surface area contributed by atoms with Crippen molar-refractivity contribution < 1.29 is 9.53 Å². The van der Waals surface area contributed by atoms with Crippen molar-refractivity contribution in [2.24, 2.45) is 0 Å². The summed E-state index contributed by atoms with van der Waals surface area (Å²) in [5.41, 5.74) is 2.83. The van der Waals surface area contributed by atoms with Gasteiger partial charge in [0.05, 0.1) is 12.2 Å². The van der Waals surface area contributed by atoms with Gasteiger partial charge in [-0.05, 0) is 55.2 Å². The van der Waals surface area contributed by atoms with Crippen LogP contribution >= 0.6 is 0 Å². The number of benzene rings is 2. The fourth-order valence-corrected chi connectivity index (χ4v) is 3.86. The average molecular weight is 416 g/mol. The van der Waals surface area contributed by atoms with Gasteiger partial charge < -0.3 is 15.0 Å². The summed E-state index contributed by atoms with van der Waals surface area (Å²) in [6, 6.07) is 23.8. The lowest BCUT2D eigenvalue weighted by molar-refractivity contribution is 0.0942. The van der Waals surface area contributed by atoms with Crippen LogP contribution in [0, 0.1) is 0 Å². The smallest absolute Gasteiger partial charge is 0.251 e. The quantitative estimate of drug-likeness (QED) is 0.602. The van der Waals surface area contributed by atoms with Crippen LogP contribution < -0.4 is 10.1 Å². The van der Waals surface area contributed by atoms with Crippen LogP contribution in [-0.2, 0) is 13.0 Å². The van der Waals surface area contributed by atoms with Crippen LogP contribution in [0.2, 0.25) is 0 Å². The van der Waals surface area contributed by atoms with Gasteiger partial charge in [0.1, 0.15) is 11.9 Å². The summed E-state index contributed by atoms with van der Waals surface area (Å²) in [7, 11) is 0. The van der Waals surface area contributed by atoms with Gasteiger partial charge in [0.25, 0.3) is 5.91 Å². The third-order valence-electron chi connectivity index (χ3n) is 5.65. The summed E-state index contributed by atoms with van der Waals surface area (Å²) >= 11 is 0. The third kappa shape index (κ3) is 6.40. The zero-order valence-corrected chi connectivity index (χ0v) is 17.7. The number of nitrogens with one attached hydrogen (secondary N) is 1. The summed E-state index contributed by atoms with van der Waals surface area (Å²) in [4.78, 5) is 19.2. The molecule has 1 aromatic heterocycles. The molecule has 31 heavy (non-hydrogen) atoms. The largest absolute Gasteiger partial charge is 0.490 e. The highest BCUT2D eigenvalue weighted by atomic mass is 16.5.